The van der Waals surface area contributed by atoms with Gasteiger partial charge in [-0.15, -0.1) is 11.3 Å². The Morgan fingerprint density at radius 2 is 2.15 bits per heavy atom. The van der Waals surface area contributed by atoms with Gasteiger partial charge in [-0.2, -0.15) is 18.4 Å². The molecule has 2 N–H and O–H groups in total. The van der Waals surface area contributed by atoms with Crippen LogP contribution in [0.15, 0.2) is 17.5 Å². The molecule has 20 heavy (non-hydrogen) atoms. The molecule has 4 nitrogen and oxygen atoms in total. The zero-order valence-corrected chi connectivity index (χ0v) is 11.0. The van der Waals surface area contributed by atoms with Gasteiger partial charge >= 0.3 is 12.1 Å². The van der Waals surface area contributed by atoms with Gasteiger partial charge in [0.25, 0.3) is 0 Å². The number of hydrogen-bond acceptors (Lipinski definition) is 4. The summed E-state index contributed by atoms with van der Waals surface area (Å²) in [5, 5.41) is 21.2. The Bertz CT molecular complexity index is 544. The van der Waals surface area contributed by atoms with Crippen molar-refractivity contribution in [2.75, 3.05) is 13.1 Å². The smallest absolute Gasteiger partial charge is 0.475 e. The zero-order chi connectivity index (χ0) is 15.2. The molecular weight excluding hydrogens is 293 g/mol. The average molecular weight is 304 g/mol. The van der Waals surface area contributed by atoms with Gasteiger partial charge in [0.2, 0.25) is 0 Å². The SMILES string of the molecule is N#Cc1ccsc1C1=CCNCC1.O=C(O)C(F)(F)F. The fraction of sp³-hybridized carbons (Fsp3) is 0.333. The highest BCUT2D eigenvalue weighted by Gasteiger charge is 2.38. The van der Waals surface area contributed by atoms with Crippen LogP contribution >= 0.6 is 11.3 Å². The maximum absolute atomic E-state index is 10.6. The molecule has 0 saturated carbocycles. The van der Waals surface area contributed by atoms with E-state index >= 15 is 0 Å². The molecule has 1 aromatic rings. The van der Waals surface area contributed by atoms with Crippen LogP contribution in [0.5, 0.6) is 0 Å². The number of carboxylic acid groups (broad SMARTS) is 1. The van der Waals surface area contributed by atoms with Crippen LogP contribution in [0, 0.1) is 11.3 Å². The van der Waals surface area contributed by atoms with Crippen molar-refractivity contribution in [1.29, 1.82) is 5.26 Å². The molecule has 8 heteroatoms. The van der Waals surface area contributed by atoms with Crippen LogP contribution in [0.25, 0.3) is 5.57 Å². The molecule has 1 aromatic heterocycles. The first-order chi connectivity index (χ1) is 9.36. The van der Waals surface area contributed by atoms with Crippen LogP contribution in [0.2, 0.25) is 0 Å². The largest absolute Gasteiger partial charge is 0.490 e. The standard InChI is InChI=1S/C10H10N2S.C2HF3O2/c11-7-9-3-6-13-10(9)8-1-4-12-5-2-8;3-2(4,5)1(6)7/h1,3,6,12H,2,4-5H2;(H,6,7). The van der Waals surface area contributed by atoms with Crippen LogP contribution in [0.4, 0.5) is 13.2 Å². The van der Waals surface area contributed by atoms with Crippen LogP contribution in [-0.2, 0) is 4.79 Å². The van der Waals surface area contributed by atoms with Gasteiger partial charge in [-0.1, -0.05) is 6.08 Å². The van der Waals surface area contributed by atoms with E-state index in [0.717, 1.165) is 30.0 Å². The summed E-state index contributed by atoms with van der Waals surface area (Å²) in [4.78, 5) is 10.1. The van der Waals surface area contributed by atoms with E-state index in [4.69, 9.17) is 15.2 Å². The number of carboxylic acids is 1. The molecule has 0 aliphatic carbocycles. The van der Waals surface area contributed by atoms with E-state index in [0.29, 0.717) is 0 Å². The highest BCUT2D eigenvalue weighted by molar-refractivity contribution is 7.11. The fourth-order valence-electron chi connectivity index (χ4n) is 1.47. The van der Waals surface area contributed by atoms with Gasteiger partial charge in [0.05, 0.1) is 5.56 Å². The van der Waals surface area contributed by atoms with Crippen LogP contribution < -0.4 is 5.32 Å². The molecule has 1 aliphatic rings. The van der Waals surface area contributed by atoms with Crippen molar-refractivity contribution in [3.63, 3.8) is 0 Å². The molecule has 0 radical (unpaired) electrons. The third-order valence-electron chi connectivity index (χ3n) is 2.38. The van der Waals surface area contributed by atoms with Gasteiger partial charge in [0.15, 0.2) is 0 Å². The lowest BCUT2D eigenvalue weighted by Crippen LogP contribution is -2.21. The number of thiophene rings is 1. The minimum absolute atomic E-state index is 0.818. The second kappa shape index (κ2) is 7.07. The zero-order valence-electron chi connectivity index (χ0n) is 10.2. The van der Waals surface area contributed by atoms with Crippen molar-refractivity contribution in [3.05, 3.63) is 28.0 Å². The Morgan fingerprint density at radius 1 is 1.50 bits per heavy atom. The van der Waals surface area contributed by atoms with E-state index in [2.05, 4.69) is 17.5 Å². The number of carbonyl (C=O) groups is 1. The first-order valence-corrected chi connectivity index (χ1v) is 6.42. The van der Waals surface area contributed by atoms with E-state index in [1.807, 2.05) is 11.4 Å². The Labute approximate surface area is 117 Å². The molecule has 0 atom stereocenters. The number of nitriles is 1. The molecular formula is C12H11F3N2O2S. The Hall–Kier alpha value is -1.85. The third-order valence-corrected chi connectivity index (χ3v) is 3.37. The summed E-state index contributed by atoms with van der Waals surface area (Å²) in [5.74, 6) is -2.76. The molecule has 1 aliphatic heterocycles. The lowest BCUT2D eigenvalue weighted by Gasteiger charge is -2.12. The average Bonchev–Trinajstić information content (AvgIpc) is 2.87. The molecule has 108 valence electrons. The van der Waals surface area contributed by atoms with E-state index < -0.39 is 12.1 Å². The molecule has 0 fully saturated rings. The van der Waals surface area contributed by atoms with Gasteiger partial charge in [-0.3, -0.25) is 0 Å². The summed E-state index contributed by atoms with van der Waals surface area (Å²) in [7, 11) is 0. The molecule has 0 spiro atoms. The number of hydrogen-bond donors (Lipinski definition) is 2. The quantitative estimate of drug-likeness (QED) is 0.836. The van der Waals surface area contributed by atoms with Crippen molar-refractivity contribution in [2.45, 2.75) is 12.6 Å². The van der Waals surface area contributed by atoms with Crippen LogP contribution in [0.3, 0.4) is 0 Å². The van der Waals surface area contributed by atoms with Crippen molar-refractivity contribution >= 4 is 22.9 Å². The second-order valence-corrected chi connectivity index (χ2v) is 4.68. The summed E-state index contributed by atoms with van der Waals surface area (Å²) >= 11 is 1.66. The maximum Gasteiger partial charge on any atom is 0.490 e. The molecule has 0 amide bonds. The fourth-order valence-corrected chi connectivity index (χ4v) is 2.39. The summed E-state index contributed by atoms with van der Waals surface area (Å²) in [6.07, 6.45) is -1.87. The first-order valence-electron chi connectivity index (χ1n) is 5.54. The normalized spacial score (nSPS) is 14.6. The number of nitrogens with zero attached hydrogens (tertiary/aromatic N) is 1. The summed E-state index contributed by atoms with van der Waals surface area (Å²) in [6.45, 7) is 1.95. The number of halogens is 3. The van der Waals surface area contributed by atoms with Gasteiger partial charge in [-0.25, -0.2) is 4.79 Å². The number of rotatable bonds is 1. The lowest BCUT2D eigenvalue weighted by atomic mass is 10.1. The third kappa shape index (κ3) is 4.68. The first kappa shape index (κ1) is 16.2. The molecule has 0 bridgehead atoms. The Kier molecular flexibility index (Phi) is 5.73. The molecule has 0 aromatic carbocycles. The van der Waals surface area contributed by atoms with Gasteiger partial charge in [-0.05, 0) is 30.0 Å². The summed E-state index contributed by atoms with van der Waals surface area (Å²) in [6, 6.07) is 4.11. The summed E-state index contributed by atoms with van der Waals surface area (Å²) in [5.41, 5.74) is 2.14. The van der Waals surface area contributed by atoms with Crippen LogP contribution in [0.1, 0.15) is 16.9 Å². The van der Waals surface area contributed by atoms with Gasteiger partial charge < -0.3 is 10.4 Å². The van der Waals surface area contributed by atoms with Crippen molar-refractivity contribution in [1.82, 2.24) is 5.32 Å². The van der Waals surface area contributed by atoms with Crippen LogP contribution in [-0.4, -0.2) is 30.3 Å². The molecule has 2 rings (SSSR count). The van der Waals surface area contributed by atoms with E-state index in [1.165, 1.54) is 5.57 Å². The molecule has 0 saturated heterocycles. The topological polar surface area (TPSA) is 73.1 Å². The molecule has 0 unspecified atom stereocenters. The number of nitrogens with one attached hydrogen (secondary N) is 1. The highest BCUT2D eigenvalue weighted by Crippen LogP contribution is 2.27. The minimum Gasteiger partial charge on any atom is -0.475 e. The van der Waals surface area contributed by atoms with E-state index in [1.54, 1.807) is 11.3 Å². The monoisotopic (exact) mass is 304 g/mol. The lowest BCUT2D eigenvalue weighted by molar-refractivity contribution is -0.192. The Morgan fingerprint density at radius 3 is 2.60 bits per heavy atom. The Balaban J connectivity index is 0.000000246. The predicted octanol–water partition coefficient (Wildman–Crippen LogP) is 2.63. The minimum atomic E-state index is -5.08. The highest BCUT2D eigenvalue weighted by atomic mass is 32.1. The van der Waals surface area contributed by atoms with Crippen molar-refractivity contribution in [2.24, 2.45) is 0 Å². The predicted molar refractivity (Wildman–Crippen MR) is 68.2 cm³/mol. The summed E-state index contributed by atoms with van der Waals surface area (Å²) < 4.78 is 31.7. The van der Waals surface area contributed by atoms with E-state index in [9.17, 15) is 13.2 Å². The van der Waals surface area contributed by atoms with Gasteiger partial charge in [0, 0.05) is 11.4 Å². The second-order valence-electron chi connectivity index (χ2n) is 3.76. The van der Waals surface area contributed by atoms with Crippen molar-refractivity contribution in [3.8, 4) is 6.07 Å². The number of aliphatic carboxylic acids is 1. The van der Waals surface area contributed by atoms with E-state index in [-0.39, 0.29) is 0 Å². The van der Waals surface area contributed by atoms with Gasteiger partial charge in [0.1, 0.15) is 6.07 Å². The number of alkyl halides is 3. The van der Waals surface area contributed by atoms with Crippen molar-refractivity contribution < 1.29 is 23.1 Å². The maximum atomic E-state index is 10.6. The molecule has 2 heterocycles.